The Bertz CT molecular complexity index is 451. The number of anilines is 1. The molecule has 1 atom stereocenters. The number of nitrogen functional groups attached to an aromatic ring is 1. The Morgan fingerprint density at radius 1 is 1.61 bits per heavy atom. The monoisotopic (exact) mass is 252 g/mol. The van der Waals surface area contributed by atoms with Crippen molar-refractivity contribution in [1.82, 2.24) is 4.90 Å². The fourth-order valence-corrected chi connectivity index (χ4v) is 2.14. The molecule has 18 heavy (non-hydrogen) atoms. The molecule has 5 heteroatoms. The first-order chi connectivity index (χ1) is 8.65. The molecule has 0 bridgehead atoms. The van der Waals surface area contributed by atoms with Crippen LogP contribution in [0.3, 0.4) is 0 Å². The minimum Gasteiger partial charge on any atom is -0.396 e. The van der Waals surface area contributed by atoms with Crippen LogP contribution in [0.15, 0.2) is 18.2 Å². The second-order valence-corrected chi connectivity index (χ2v) is 4.34. The maximum atomic E-state index is 13.4. The Kier molecular flexibility index (Phi) is 3.81. The van der Waals surface area contributed by atoms with Gasteiger partial charge in [-0.05, 0) is 18.6 Å². The molecule has 1 aromatic rings. The SMILES string of the molecule is CCC1COCCN1C(=O)c1cccc(F)c1N. The van der Waals surface area contributed by atoms with Crippen LogP contribution < -0.4 is 5.73 Å². The van der Waals surface area contributed by atoms with Gasteiger partial charge in [0.1, 0.15) is 5.82 Å². The van der Waals surface area contributed by atoms with Crippen LogP contribution in [0.25, 0.3) is 0 Å². The lowest BCUT2D eigenvalue weighted by Gasteiger charge is -2.35. The van der Waals surface area contributed by atoms with E-state index in [1.807, 2.05) is 6.92 Å². The van der Waals surface area contributed by atoms with Gasteiger partial charge in [0.25, 0.3) is 5.91 Å². The number of carbonyl (C=O) groups excluding carboxylic acids is 1. The van der Waals surface area contributed by atoms with Gasteiger partial charge in [-0.15, -0.1) is 0 Å². The zero-order chi connectivity index (χ0) is 13.1. The number of carbonyl (C=O) groups is 1. The molecule has 0 radical (unpaired) electrons. The van der Waals surface area contributed by atoms with E-state index in [-0.39, 0.29) is 23.2 Å². The van der Waals surface area contributed by atoms with E-state index in [0.29, 0.717) is 19.8 Å². The van der Waals surface area contributed by atoms with Crippen LogP contribution in [-0.4, -0.2) is 36.6 Å². The molecule has 1 fully saturated rings. The number of ether oxygens (including phenoxy) is 1. The van der Waals surface area contributed by atoms with E-state index >= 15 is 0 Å². The van der Waals surface area contributed by atoms with Gasteiger partial charge in [-0.1, -0.05) is 13.0 Å². The number of nitrogens with two attached hydrogens (primary N) is 1. The summed E-state index contributed by atoms with van der Waals surface area (Å²) in [6, 6.07) is 4.35. The van der Waals surface area contributed by atoms with Crippen LogP contribution in [0.4, 0.5) is 10.1 Å². The van der Waals surface area contributed by atoms with Gasteiger partial charge in [-0.3, -0.25) is 4.79 Å². The molecular weight excluding hydrogens is 235 g/mol. The van der Waals surface area contributed by atoms with Crippen molar-refractivity contribution in [3.05, 3.63) is 29.6 Å². The van der Waals surface area contributed by atoms with Crippen molar-refractivity contribution in [3.8, 4) is 0 Å². The first-order valence-corrected chi connectivity index (χ1v) is 6.07. The lowest BCUT2D eigenvalue weighted by Crippen LogP contribution is -2.48. The number of hydrogen-bond donors (Lipinski definition) is 1. The average Bonchev–Trinajstić information content (AvgIpc) is 2.41. The topological polar surface area (TPSA) is 55.6 Å². The first kappa shape index (κ1) is 12.8. The molecule has 2 rings (SSSR count). The molecule has 0 aliphatic carbocycles. The number of benzene rings is 1. The normalized spacial score (nSPS) is 19.9. The van der Waals surface area contributed by atoms with E-state index < -0.39 is 5.82 Å². The number of morpholine rings is 1. The maximum Gasteiger partial charge on any atom is 0.256 e. The van der Waals surface area contributed by atoms with Crippen molar-refractivity contribution in [3.63, 3.8) is 0 Å². The van der Waals surface area contributed by atoms with Gasteiger partial charge in [0.05, 0.1) is 30.5 Å². The minimum absolute atomic E-state index is 0.0360. The van der Waals surface area contributed by atoms with E-state index in [1.54, 1.807) is 11.0 Å². The van der Waals surface area contributed by atoms with Gasteiger partial charge in [0.2, 0.25) is 0 Å². The van der Waals surface area contributed by atoms with Crippen molar-refractivity contribution in [1.29, 1.82) is 0 Å². The summed E-state index contributed by atoms with van der Waals surface area (Å²) in [4.78, 5) is 14.1. The number of hydrogen-bond acceptors (Lipinski definition) is 3. The number of rotatable bonds is 2. The summed E-state index contributed by atoms with van der Waals surface area (Å²) in [6.45, 7) is 3.55. The van der Waals surface area contributed by atoms with Gasteiger partial charge in [-0.25, -0.2) is 4.39 Å². The highest BCUT2D eigenvalue weighted by Crippen LogP contribution is 2.21. The predicted molar refractivity (Wildman–Crippen MR) is 66.7 cm³/mol. The zero-order valence-corrected chi connectivity index (χ0v) is 10.4. The molecule has 1 unspecified atom stereocenters. The van der Waals surface area contributed by atoms with Gasteiger partial charge >= 0.3 is 0 Å². The third kappa shape index (κ3) is 2.31. The van der Waals surface area contributed by atoms with E-state index in [1.165, 1.54) is 12.1 Å². The van der Waals surface area contributed by atoms with Crippen LogP contribution in [0.5, 0.6) is 0 Å². The summed E-state index contributed by atoms with van der Waals surface area (Å²) < 4.78 is 18.7. The number of amides is 1. The lowest BCUT2D eigenvalue weighted by atomic mass is 10.1. The van der Waals surface area contributed by atoms with Crippen molar-refractivity contribution in [2.24, 2.45) is 0 Å². The van der Waals surface area contributed by atoms with Crippen molar-refractivity contribution in [2.75, 3.05) is 25.5 Å². The summed E-state index contributed by atoms with van der Waals surface area (Å²) in [5.41, 5.74) is 5.78. The van der Waals surface area contributed by atoms with Gasteiger partial charge in [0, 0.05) is 6.54 Å². The van der Waals surface area contributed by atoms with E-state index in [4.69, 9.17) is 10.5 Å². The van der Waals surface area contributed by atoms with Crippen molar-refractivity contribution >= 4 is 11.6 Å². The summed E-state index contributed by atoms with van der Waals surface area (Å²) in [7, 11) is 0. The molecule has 1 aliphatic heterocycles. The van der Waals surface area contributed by atoms with Crippen LogP contribution in [-0.2, 0) is 4.74 Å². The maximum absolute atomic E-state index is 13.4. The van der Waals surface area contributed by atoms with Crippen LogP contribution >= 0.6 is 0 Å². The smallest absolute Gasteiger partial charge is 0.256 e. The summed E-state index contributed by atoms with van der Waals surface area (Å²) >= 11 is 0. The molecule has 1 amide bonds. The first-order valence-electron chi connectivity index (χ1n) is 6.07. The van der Waals surface area contributed by atoms with E-state index in [0.717, 1.165) is 6.42 Å². The molecular formula is C13H17FN2O2. The lowest BCUT2D eigenvalue weighted by molar-refractivity contribution is -0.00275. The van der Waals surface area contributed by atoms with Gasteiger partial charge < -0.3 is 15.4 Å². The van der Waals surface area contributed by atoms with E-state index in [2.05, 4.69) is 0 Å². The molecule has 1 aliphatic rings. The molecule has 1 saturated heterocycles. The molecule has 98 valence electrons. The molecule has 1 aromatic carbocycles. The molecule has 1 heterocycles. The number of para-hydroxylation sites is 1. The Hall–Kier alpha value is -1.62. The van der Waals surface area contributed by atoms with Crippen molar-refractivity contribution < 1.29 is 13.9 Å². The standard InChI is InChI=1S/C13H17FN2O2/c1-2-9-8-18-7-6-16(9)13(17)10-4-3-5-11(14)12(10)15/h3-5,9H,2,6-8,15H2,1H3. The molecule has 4 nitrogen and oxygen atoms in total. The Morgan fingerprint density at radius 2 is 2.39 bits per heavy atom. The van der Waals surface area contributed by atoms with Gasteiger partial charge in [0.15, 0.2) is 0 Å². The Morgan fingerprint density at radius 3 is 3.11 bits per heavy atom. The predicted octanol–water partition coefficient (Wildman–Crippen LogP) is 1.66. The summed E-state index contributed by atoms with van der Waals surface area (Å²) in [5, 5.41) is 0. The Labute approximate surface area is 106 Å². The van der Waals surface area contributed by atoms with Crippen LogP contribution in [0.2, 0.25) is 0 Å². The third-order valence-corrected chi connectivity index (χ3v) is 3.24. The number of halogens is 1. The van der Waals surface area contributed by atoms with Crippen LogP contribution in [0.1, 0.15) is 23.7 Å². The second-order valence-electron chi connectivity index (χ2n) is 4.34. The fourth-order valence-electron chi connectivity index (χ4n) is 2.14. The highest BCUT2D eigenvalue weighted by Gasteiger charge is 2.28. The largest absolute Gasteiger partial charge is 0.396 e. The van der Waals surface area contributed by atoms with Crippen molar-refractivity contribution in [2.45, 2.75) is 19.4 Å². The van der Waals surface area contributed by atoms with Crippen LogP contribution in [0, 0.1) is 5.82 Å². The summed E-state index contributed by atoms with van der Waals surface area (Å²) in [5.74, 6) is -0.774. The molecule has 0 spiro atoms. The third-order valence-electron chi connectivity index (χ3n) is 3.24. The molecule has 0 saturated carbocycles. The fraction of sp³-hybridized carbons (Fsp3) is 0.462. The average molecular weight is 252 g/mol. The summed E-state index contributed by atoms with van der Waals surface area (Å²) in [6.07, 6.45) is 0.807. The minimum atomic E-state index is -0.554. The molecule has 0 aromatic heterocycles. The molecule has 2 N–H and O–H groups in total. The Balaban J connectivity index is 2.27. The van der Waals surface area contributed by atoms with E-state index in [9.17, 15) is 9.18 Å². The highest BCUT2D eigenvalue weighted by atomic mass is 19.1. The second kappa shape index (κ2) is 5.35. The zero-order valence-electron chi connectivity index (χ0n) is 10.4. The highest BCUT2D eigenvalue weighted by molar-refractivity contribution is 5.99. The quantitative estimate of drug-likeness (QED) is 0.814. The number of nitrogens with zero attached hydrogens (tertiary/aromatic N) is 1. The van der Waals surface area contributed by atoms with Gasteiger partial charge in [-0.2, -0.15) is 0 Å².